The van der Waals surface area contributed by atoms with Gasteiger partial charge < -0.3 is 15.4 Å². The van der Waals surface area contributed by atoms with Gasteiger partial charge in [-0.1, -0.05) is 44.2 Å². The largest absolute Gasteiger partial charge is 0.445 e. The average molecular weight is 390 g/mol. The Bertz CT molecular complexity index is 708. The van der Waals surface area contributed by atoms with E-state index in [1.54, 1.807) is 13.8 Å². The average Bonchev–Trinajstić information content (AvgIpc) is 2.68. The number of rotatable bonds is 6. The molecule has 3 amide bonds. The molecule has 4 N–H and O–H groups in total. The van der Waals surface area contributed by atoms with Crippen LogP contribution in [0.5, 0.6) is 0 Å². The van der Waals surface area contributed by atoms with Gasteiger partial charge in [-0.2, -0.15) is 0 Å². The molecule has 1 fully saturated rings. The Morgan fingerprint density at radius 1 is 1.21 bits per heavy atom. The molecule has 1 saturated heterocycles. The lowest BCUT2D eigenvalue weighted by Crippen LogP contribution is -2.57. The van der Waals surface area contributed by atoms with E-state index in [1.165, 1.54) is 0 Å². The number of hydrazine groups is 1. The Hall–Kier alpha value is -2.94. The number of carbonyl (C=O) groups excluding carboxylic acids is 4. The first kappa shape index (κ1) is 21.4. The lowest BCUT2D eigenvalue weighted by atomic mass is 10.0. The van der Waals surface area contributed by atoms with E-state index in [-0.39, 0.29) is 12.5 Å². The van der Waals surface area contributed by atoms with E-state index in [4.69, 9.17) is 4.74 Å². The number of hydrogen-bond acceptors (Lipinski definition) is 6. The quantitative estimate of drug-likeness (QED) is 0.521. The molecule has 0 spiro atoms. The molecule has 28 heavy (non-hydrogen) atoms. The first-order chi connectivity index (χ1) is 13.4. The normalized spacial score (nSPS) is 18.5. The van der Waals surface area contributed by atoms with E-state index in [2.05, 4.69) is 21.5 Å². The smallest absolute Gasteiger partial charge is 0.408 e. The monoisotopic (exact) mass is 390 g/mol. The zero-order valence-electron chi connectivity index (χ0n) is 16.0. The van der Waals surface area contributed by atoms with E-state index >= 15 is 0 Å². The van der Waals surface area contributed by atoms with Crippen molar-refractivity contribution in [3.05, 3.63) is 35.9 Å². The van der Waals surface area contributed by atoms with Crippen molar-refractivity contribution < 1.29 is 23.9 Å². The third-order valence-electron chi connectivity index (χ3n) is 4.29. The SMILES string of the molecule is CC(C)C(NC(=O)OCc1ccccc1)C(=O)NC1CCCNNC(=O)C1=O. The first-order valence-electron chi connectivity index (χ1n) is 9.23. The van der Waals surface area contributed by atoms with Gasteiger partial charge in [0.1, 0.15) is 12.6 Å². The van der Waals surface area contributed by atoms with Crippen LogP contribution < -0.4 is 21.5 Å². The summed E-state index contributed by atoms with van der Waals surface area (Å²) in [4.78, 5) is 48.5. The van der Waals surface area contributed by atoms with Gasteiger partial charge in [-0.3, -0.25) is 19.8 Å². The number of nitrogens with one attached hydrogen (secondary N) is 4. The maximum atomic E-state index is 12.6. The molecule has 1 aromatic carbocycles. The van der Waals surface area contributed by atoms with E-state index < -0.39 is 35.8 Å². The minimum absolute atomic E-state index is 0.0768. The fraction of sp³-hybridized carbons (Fsp3) is 0.474. The Labute approximate surface area is 163 Å². The minimum Gasteiger partial charge on any atom is -0.445 e. The van der Waals surface area contributed by atoms with Crippen molar-refractivity contribution in [2.24, 2.45) is 5.92 Å². The van der Waals surface area contributed by atoms with Crippen LogP contribution in [0.3, 0.4) is 0 Å². The van der Waals surface area contributed by atoms with Crippen molar-refractivity contribution in [1.29, 1.82) is 0 Å². The number of carbonyl (C=O) groups is 4. The molecule has 2 unspecified atom stereocenters. The number of alkyl carbamates (subject to hydrolysis) is 1. The maximum absolute atomic E-state index is 12.6. The maximum Gasteiger partial charge on any atom is 0.408 e. The first-order valence-corrected chi connectivity index (χ1v) is 9.23. The number of ketones is 1. The predicted molar refractivity (Wildman–Crippen MR) is 101 cm³/mol. The summed E-state index contributed by atoms with van der Waals surface area (Å²) in [5.41, 5.74) is 5.73. The second-order valence-corrected chi connectivity index (χ2v) is 6.88. The van der Waals surface area contributed by atoms with E-state index in [0.717, 1.165) is 5.56 Å². The molecule has 1 aliphatic rings. The van der Waals surface area contributed by atoms with Crippen LogP contribution >= 0.6 is 0 Å². The summed E-state index contributed by atoms with van der Waals surface area (Å²) in [5, 5.41) is 5.11. The van der Waals surface area contributed by atoms with Crippen molar-refractivity contribution in [2.45, 2.75) is 45.4 Å². The van der Waals surface area contributed by atoms with Gasteiger partial charge in [-0.15, -0.1) is 0 Å². The van der Waals surface area contributed by atoms with E-state index in [0.29, 0.717) is 19.4 Å². The Morgan fingerprint density at radius 2 is 1.93 bits per heavy atom. The summed E-state index contributed by atoms with van der Waals surface area (Å²) in [7, 11) is 0. The van der Waals surface area contributed by atoms with Crippen LogP contribution in [0, 0.1) is 5.92 Å². The third-order valence-corrected chi connectivity index (χ3v) is 4.29. The van der Waals surface area contributed by atoms with Crippen LogP contribution in [0.2, 0.25) is 0 Å². The molecular weight excluding hydrogens is 364 g/mol. The number of Topliss-reactive ketones (excluding diaryl/α,β-unsaturated/α-hetero) is 1. The fourth-order valence-corrected chi connectivity index (χ4v) is 2.71. The third kappa shape index (κ3) is 6.34. The Balaban J connectivity index is 1.93. The molecule has 9 nitrogen and oxygen atoms in total. The van der Waals surface area contributed by atoms with Gasteiger partial charge in [0.25, 0.3) is 0 Å². The molecule has 0 saturated carbocycles. The summed E-state index contributed by atoms with van der Waals surface area (Å²) < 4.78 is 5.15. The highest BCUT2D eigenvalue weighted by molar-refractivity contribution is 6.38. The van der Waals surface area contributed by atoms with E-state index in [1.807, 2.05) is 30.3 Å². The molecule has 0 radical (unpaired) electrons. The van der Waals surface area contributed by atoms with Crippen molar-refractivity contribution in [3.8, 4) is 0 Å². The van der Waals surface area contributed by atoms with Crippen molar-refractivity contribution in [3.63, 3.8) is 0 Å². The summed E-state index contributed by atoms with van der Waals surface area (Å²) in [6.45, 7) is 4.09. The topological polar surface area (TPSA) is 126 Å². The Kier molecular flexibility index (Phi) is 7.94. The molecular formula is C19H26N4O5. The summed E-state index contributed by atoms with van der Waals surface area (Å²) in [6, 6.07) is 7.33. The fourth-order valence-electron chi connectivity index (χ4n) is 2.71. The van der Waals surface area contributed by atoms with Crippen LogP contribution in [-0.4, -0.2) is 42.3 Å². The lowest BCUT2D eigenvalue weighted by Gasteiger charge is -2.25. The molecule has 0 aliphatic carbocycles. The van der Waals surface area contributed by atoms with E-state index in [9.17, 15) is 19.2 Å². The van der Waals surface area contributed by atoms with Crippen molar-refractivity contribution >= 4 is 23.7 Å². The summed E-state index contributed by atoms with van der Waals surface area (Å²) in [6.07, 6.45) is 0.188. The van der Waals surface area contributed by atoms with Crippen LogP contribution in [0.4, 0.5) is 4.79 Å². The molecule has 1 aromatic rings. The molecule has 0 bridgehead atoms. The van der Waals surface area contributed by atoms with Gasteiger partial charge in [0, 0.05) is 6.54 Å². The predicted octanol–water partition coefficient (Wildman–Crippen LogP) is 0.406. The van der Waals surface area contributed by atoms with Crippen molar-refractivity contribution in [2.75, 3.05) is 6.54 Å². The number of ether oxygens (including phenoxy) is 1. The molecule has 2 rings (SSSR count). The molecule has 9 heteroatoms. The lowest BCUT2D eigenvalue weighted by molar-refractivity contribution is -0.141. The minimum atomic E-state index is -0.932. The summed E-state index contributed by atoms with van der Waals surface area (Å²) >= 11 is 0. The van der Waals surface area contributed by atoms with Gasteiger partial charge in [0.2, 0.25) is 11.7 Å². The second kappa shape index (κ2) is 10.4. The van der Waals surface area contributed by atoms with Crippen LogP contribution in [0.25, 0.3) is 0 Å². The van der Waals surface area contributed by atoms with Gasteiger partial charge in [0.15, 0.2) is 0 Å². The highest BCUT2D eigenvalue weighted by Crippen LogP contribution is 2.07. The molecule has 0 aromatic heterocycles. The molecule has 152 valence electrons. The standard InChI is InChI=1S/C19H26N4O5/c1-12(2)15(22-19(27)28-11-13-7-4-3-5-8-13)17(25)21-14-9-6-10-20-23-18(26)16(14)24/h3-5,7-8,12,14-15,20H,6,9-11H2,1-2H3,(H,21,25)(H,22,27)(H,23,26). The molecule has 1 aliphatic heterocycles. The highest BCUT2D eigenvalue weighted by Gasteiger charge is 2.32. The number of amides is 3. The zero-order valence-corrected chi connectivity index (χ0v) is 16.0. The highest BCUT2D eigenvalue weighted by atomic mass is 16.5. The van der Waals surface area contributed by atoms with Crippen LogP contribution in [-0.2, 0) is 25.7 Å². The van der Waals surface area contributed by atoms with Gasteiger partial charge in [-0.05, 0) is 24.3 Å². The molecule has 1 heterocycles. The van der Waals surface area contributed by atoms with Crippen LogP contribution in [0.15, 0.2) is 30.3 Å². The van der Waals surface area contributed by atoms with Gasteiger partial charge in [-0.25, -0.2) is 10.2 Å². The summed E-state index contributed by atoms with van der Waals surface area (Å²) in [5.74, 6) is -2.31. The number of benzene rings is 1. The number of hydrogen-bond donors (Lipinski definition) is 4. The molecule has 2 atom stereocenters. The second-order valence-electron chi connectivity index (χ2n) is 6.88. The zero-order chi connectivity index (χ0) is 20.5. The Morgan fingerprint density at radius 3 is 2.61 bits per heavy atom. The van der Waals surface area contributed by atoms with Crippen molar-refractivity contribution in [1.82, 2.24) is 21.5 Å². The van der Waals surface area contributed by atoms with Gasteiger partial charge in [0.05, 0.1) is 6.04 Å². The van der Waals surface area contributed by atoms with Gasteiger partial charge >= 0.3 is 12.0 Å². The van der Waals surface area contributed by atoms with Crippen LogP contribution in [0.1, 0.15) is 32.3 Å².